The summed E-state index contributed by atoms with van der Waals surface area (Å²) in [6, 6.07) is 7.50. The molecule has 0 aliphatic heterocycles. The number of rotatable bonds is 5. The minimum atomic E-state index is -0.221. The summed E-state index contributed by atoms with van der Waals surface area (Å²) in [6.07, 6.45) is 0.750. The van der Waals surface area contributed by atoms with E-state index in [1.807, 2.05) is 24.3 Å². The highest BCUT2D eigenvalue weighted by molar-refractivity contribution is 9.10. The molecule has 1 aromatic heterocycles. The number of carbonyl (C=O) groups excluding carboxylic acids is 1. The highest BCUT2D eigenvalue weighted by Gasteiger charge is 2.19. The Balaban J connectivity index is 2.20. The fourth-order valence-electron chi connectivity index (χ4n) is 2.27. The Morgan fingerprint density at radius 3 is 2.70 bits per heavy atom. The third-order valence-electron chi connectivity index (χ3n) is 3.18. The van der Waals surface area contributed by atoms with Crippen molar-refractivity contribution < 1.29 is 9.90 Å². The van der Waals surface area contributed by atoms with Gasteiger partial charge in [0, 0.05) is 10.9 Å². The van der Waals surface area contributed by atoms with Gasteiger partial charge in [-0.2, -0.15) is 0 Å². The first-order valence-corrected chi connectivity index (χ1v) is 7.50. The Morgan fingerprint density at radius 2 is 2.10 bits per heavy atom. The number of aliphatic hydroxyl groups is 1. The van der Waals surface area contributed by atoms with Crippen molar-refractivity contribution in [1.29, 1.82) is 0 Å². The van der Waals surface area contributed by atoms with Gasteiger partial charge < -0.3 is 15.4 Å². The van der Waals surface area contributed by atoms with E-state index >= 15 is 0 Å². The quantitative estimate of drug-likeness (QED) is 0.784. The van der Waals surface area contributed by atoms with Crippen LogP contribution in [0.2, 0.25) is 0 Å². The average molecular weight is 339 g/mol. The molecule has 1 aromatic carbocycles. The SMILES string of the molecule is CC(C)CC(CO)NC(=O)c1[nH]c2ccccc2c1Br. The first-order chi connectivity index (χ1) is 9.52. The number of para-hydroxylation sites is 1. The van der Waals surface area contributed by atoms with Gasteiger partial charge in [-0.05, 0) is 34.3 Å². The Hall–Kier alpha value is -1.33. The summed E-state index contributed by atoms with van der Waals surface area (Å²) in [5.41, 5.74) is 1.40. The number of benzene rings is 1. The summed E-state index contributed by atoms with van der Waals surface area (Å²) in [4.78, 5) is 15.4. The molecule has 2 rings (SSSR count). The second-order valence-corrected chi connectivity index (χ2v) is 6.14. The lowest BCUT2D eigenvalue weighted by molar-refractivity contribution is 0.0903. The molecule has 1 atom stereocenters. The lowest BCUT2D eigenvalue weighted by Crippen LogP contribution is -2.38. The summed E-state index contributed by atoms with van der Waals surface area (Å²) < 4.78 is 0.756. The minimum Gasteiger partial charge on any atom is -0.394 e. The number of aromatic nitrogens is 1. The number of aromatic amines is 1. The molecule has 0 aliphatic carbocycles. The highest BCUT2D eigenvalue weighted by atomic mass is 79.9. The van der Waals surface area contributed by atoms with E-state index in [1.54, 1.807) is 0 Å². The van der Waals surface area contributed by atoms with Crippen LogP contribution in [0.1, 0.15) is 30.8 Å². The van der Waals surface area contributed by atoms with Crippen LogP contribution < -0.4 is 5.32 Å². The molecule has 20 heavy (non-hydrogen) atoms. The summed E-state index contributed by atoms with van der Waals surface area (Å²) in [5.74, 6) is 0.214. The van der Waals surface area contributed by atoms with Crippen LogP contribution in [-0.4, -0.2) is 28.6 Å². The minimum absolute atomic E-state index is 0.0538. The molecule has 1 amide bonds. The summed E-state index contributed by atoms with van der Waals surface area (Å²) in [5, 5.41) is 13.2. The van der Waals surface area contributed by atoms with Crippen LogP contribution in [0.3, 0.4) is 0 Å². The number of halogens is 1. The maximum atomic E-state index is 12.3. The zero-order valence-corrected chi connectivity index (χ0v) is 13.2. The second-order valence-electron chi connectivity index (χ2n) is 5.34. The Bertz CT molecular complexity index is 607. The molecule has 108 valence electrons. The standard InChI is InChI=1S/C15H19BrN2O2/c1-9(2)7-10(8-19)17-15(20)14-13(16)11-5-3-4-6-12(11)18-14/h3-6,9-10,18-19H,7-8H2,1-2H3,(H,17,20). The van der Waals surface area contributed by atoms with Gasteiger partial charge in [0.15, 0.2) is 0 Å². The molecule has 0 aliphatic rings. The predicted molar refractivity (Wildman–Crippen MR) is 83.8 cm³/mol. The molecule has 2 aromatic rings. The van der Waals surface area contributed by atoms with Gasteiger partial charge >= 0.3 is 0 Å². The van der Waals surface area contributed by atoms with Gasteiger partial charge in [0.2, 0.25) is 0 Å². The van der Waals surface area contributed by atoms with E-state index in [2.05, 4.69) is 40.1 Å². The monoisotopic (exact) mass is 338 g/mol. The third-order valence-corrected chi connectivity index (χ3v) is 4.00. The maximum absolute atomic E-state index is 12.3. The number of amides is 1. The van der Waals surface area contributed by atoms with Crippen molar-refractivity contribution in [3.8, 4) is 0 Å². The molecule has 0 fully saturated rings. The molecular weight excluding hydrogens is 320 g/mol. The normalized spacial score (nSPS) is 12.8. The van der Waals surface area contributed by atoms with Gasteiger partial charge in [-0.15, -0.1) is 0 Å². The fraction of sp³-hybridized carbons (Fsp3) is 0.400. The number of hydrogen-bond donors (Lipinski definition) is 3. The van der Waals surface area contributed by atoms with Gasteiger partial charge in [0.25, 0.3) is 5.91 Å². The molecule has 0 spiro atoms. The number of H-pyrrole nitrogens is 1. The average Bonchev–Trinajstić information content (AvgIpc) is 2.75. The van der Waals surface area contributed by atoms with Crippen LogP contribution >= 0.6 is 15.9 Å². The fourth-order valence-corrected chi connectivity index (χ4v) is 2.89. The summed E-state index contributed by atoms with van der Waals surface area (Å²) >= 11 is 3.46. The summed E-state index contributed by atoms with van der Waals surface area (Å²) in [7, 11) is 0. The van der Waals surface area contributed by atoms with Gasteiger partial charge in [0.1, 0.15) is 5.69 Å². The molecule has 1 heterocycles. The number of carbonyl (C=O) groups is 1. The Kier molecular flexibility index (Phi) is 4.83. The van der Waals surface area contributed by atoms with Crippen molar-refractivity contribution in [3.63, 3.8) is 0 Å². The smallest absolute Gasteiger partial charge is 0.269 e. The third kappa shape index (κ3) is 3.22. The molecule has 0 bridgehead atoms. The van der Waals surface area contributed by atoms with Crippen LogP contribution in [-0.2, 0) is 0 Å². The zero-order chi connectivity index (χ0) is 14.7. The molecule has 3 N–H and O–H groups in total. The lowest BCUT2D eigenvalue weighted by Gasteiger charge is -2.17. The van der Waals surface area contributed by atoms with E-state index in [4.69, 9.17) is 0 Å². The summed E-state index contributed by atoms with van der Waals surface area (Å²) in [6.45, 7) is 4.07. The van der Waals surface area contributed by atoms with Gasteiger partial charge in [-0.3, -0.25) is 4.79 Å². The van der Waals surface area contributed by atoms with Crippen molar-refractivity contribution in [3.05, 3.63) is 34.4 Å². The molecular formula is C15H19BrN2O2. The van der Waals surface area contributed by atoms with Crippen molar-refractivity contribution in [1.82, 2.24) is 10.3 Å². The van der Waals surface area contributed by atoms with Gasteiger partial charge in [0.05, 0.1) is 17.1 Å². The van der Waals surface area contributed by atoms with Crippen molar-refractivity contribution in [2.45, 2.75) is 26.3 Å². The molecule has 0 radical (unpaired) electrons. The zero-order valence-electron chi connectivity index (χ0n) is 11.6. The first kappa shape index (κ1) is 15.1. The highest BCUT2D eigenvalue weighted by Crippen LogP contribution is 2.27. The van der Waals surface area contributed by atoms with E-state index in [0.29, 0.717) is 11.6 Å². The number of hydrogen-bond acceptors (Lipinski definition) is 2. The van der Waals surface area contributed by atoms with E-state index in [9.17, 15) is 9.90 Å². The van der Waals surface area contributed by atoms with E-state index in [1.165, 1.54) is 0 Å². The van der Waals surface area contributed by atoms with Gasteiger partial charge in [-0.25, -0.2) is 0 Å². The number of nitrogens with one attached hydrogen (secondary N) is 2. The van der Waals surface area contributed by atoms with Crippen LogP contribution in [0.25, 0.3) is 10.9 Å². The van der Waals surface area contributed by atoms with Crippen molar-refractivity contribution >= 4 is 32.7 Å². The number of aliphatic hydroxyl groups excluding tert-OH is 1. The van der Waals surface area contributed by atoms with Crippen LogP contribution in [0.4, 0.5) is 0 Å². The molecule has 0 saturated heterocycles. The molecule has 0 saturated carbocycles. The number of fused-ring (bicyclic) bond motifs is 1. The molecule has 4 nitrogen and oxygen atoms in total. The van der Waals surface area contributed by atoms with E-state index in [0.717, 1.165) is 21.8 Å². The first-order valence-electron chi connectivity index (χ1n) is 6.70. The van der Waals surface area contributed by atoms with Crippen LogP contribution in [0.5, 0.6) is 0 Å². The van der Waals surface area contributed by atoms with E-state index < -0.39 is 0 Å². The second kappa shape index (κ2) is 6.41. The Labute approximate surface area is 126 Å². The van der Waals surface area contributed by atoms with Gasteiger partial charge in [-0.1, -0.05) is 32.0 Å². The topological polar surface area (TPSA) is 65.1 Å². The van der Waals surface area contributed by atoms with Crippen LogP contribution in [0, 0.1) is 5.92 Å². The Morgan fingerprint density at radius 1 is 1.40 bits per heavy atom. The lowest BCUT2D eigenvalue weighted by atomic mass is 10.0. The van der Waals surface area contributed by atoms with Crippen molar-refractivity contribution in [2.24, 2.45) is 5.92 Å². The molecule has 1 unspecified atom stereocenters. The predicted octanol–water partition coefficient (Wildman–Crippen LogP) is 3.07. The van der Waals surface area contributed by atoms with Crippen molar-refractivity contribution in [2.75, 3.05) is 6.61 Å². The maximum Gasteiger partial charge on any atom is 0.269 e. The largest absolute Gasteiger partial charge is 0.394 e. The van der Waals surface area contributed by atoms with E-state index in [-0.39, 0.29) is 18.6 Å². The van der Waals surface area contributed by atoms with Crippen LogP contribution in [0.15, 0.2) is 28.7 Å². The molecule has 5 heteroatoms.